The highest BCUT2D eigenvalue weighted by Crippen LogP contribution is 2.23. The van der Waals surface area contributed by atoms with E-state index in [1.54, 1.807) is 20.8 Å². The van der Waals surface area contributed by atoms with Gasteiger partial charge in [0.25, 0.3) is 0 Å². The highest BCUT2D eigenvalue weighted by molar-refractivity contribution is 5.75. The third kappa shape index (κ3) is 5.89. The summed E-state index contributed by atoms with van der Waals surface area (Å²) < 4.78 is 4.97. The van der Waals surface area contributed by atoms with Crippen molar-refractivity contribution >= 4 is 12.1 Å². The fourth-order valence-corrected chi connectivity index (χ4v) is 1.99. The number of hydrogen-bond donors (Lipinski definition) is 1. The van der Waals surface area contributed by atoms with E-state index in [-0.39, 0.29) is 11.9 Å². The molecule has 0 spiro atoms. The van der Waals surface area contributed by atoms with Crippen molar-refractivity contribution < 1.29 is 19.2 Å². The van der Waals surface area contributed by atoms with Gasteiger partial charge in [-0.25, -0.2) is 9.59 Å². The van der Waals surface area contributed by atoms with Crippen molar-refractivity contribution in [2.75, 3.05) is 0 Å². The predicted molar refractivity (Wildman–Crippen MR) is 66.7 cm³/mol. The van der Waals surface area contributed by atoms with Crippen LogP contribution in [0.15, 0.2) is 0 Å². The Morgan fingerprint density at radius 1 is 1.06 bits per heavy atom. The van der Waals surface area contributed by atoms with E-state index in [0.29, 0.717) is 0 Å². The summed E-state index contributed by atoms with van der Waals surface area (Å²) in [6.07, 6.45) is 5.39. The third-order valence-electron chi connectivity index (χ3n) is 2.82. The molecule has 0 atom stereocenters. The predicted octanol–water partition coefficient (Wildman–Crippen LogP) is 2.94. The third-order valence-corrected chi connectivity index (χ3v) is 2.82. The molecule has 1 aliphatic rings. The number of hydrogen-bond acceptors (Lipinski definition) is 4. The van der Waals surface area contributed by atoms with Crippen LogP contribution in [0.2, 0.25) is 0 Å². The van der Waals surface area contributed by atoms with Crippen molar-refractivity contribution in [3.8, 4) is 0 Å². The molecule has 1 amide bonds. The summed E-state index contributed by atoms with van der Waals surface area (Å²) >= 11 is 0. The van der Waals surface area contributed by atoms with Crippen LogP contribution in [0.3, 0.4) is 0 Å². The Balaban J connectivity index is 2.29. The molecule has 1 aliphatic carbocycles. The van der Waals surface area contributed by atoms with Crippen LogP contribution < -0.4 is 5.48 Å². The fourth-order valence-electron chi connectivity index (χ4n) is 1.99. The van der Waals surface area contributed by atoms with E-state index in [1.165, 1.54) is 12.8 Å². The molecule has 0 aromatic carbocycles. The van der Waals surface area contributed by atoms with Crippen LogP contribution >= 0.6 is 0 Å². The normalized spacial score (nSPS) is 17.7. The van der Waals surface area contributed by atoms with Gasteiger partial charge in [-0.3, -0.25) is 0 Å². The number of carbonyl (C=O) groups is 2. The summed E-state index contributed by atoms with van der Waals surface area (Å²) in [7, 11) is 0. The lowest BCUT2D eigenvalue weighted by Gasteiger charge is -2.20. The van der Waals surface area contributed by atoms with E-state index < -0.39 is 11.7 Å². The maximum atomic E-state index is 11.7. The summed E-state index contributed by atoms with van der Waals surface area (Å²) in [6, 6.07) is 0. The van der Waals surface area contributed by atoms with Gasteiger partial charge in [0.2, 0.25) is 0 Å². The maximum absolute atomic E-state index is 11.7. The number of nitrogens with one attached hydrogen (secondary N) is 1. The summed E-state index contributed by atoms with van der Waals surface area (Å²) in [5, 5.41) is 0. The SMILES string of the molecule is CC(C)(C)OC(=O)NOC(=O)C1CCCCCC1. The number of hydroxylamine groups is 1. The van der Waals surface area contributed by atoms with Crippen LogP contribution in [0.5, 0.6) is 0 Å². The first kappa shape index (κ1) is 14.8. The van der Waals surface area contributed by atoms with Gasteiger partial charge in [0.15, 0.2) is 0 Å². The molecule has 5 heteroatoms. The van der Waals surface area contributed by atoms with E-state index in [1.807, 2.05) is 5.48 Å². The van der Waals surface area contributed by atoms with E-state index in [9.17, 15) is 9.59 Å². The quantitative estimate of drug-likeness (QED) is 0.579. The first-order valence-electron chi connectivity index (χ1n) is 6.58. The van der Waals surface area contributed by atoms with E-state index >= 15 is 0 Å². The Labute approximate surface area is 108 Å². The topological polar surface area (TPSA) is 64.6 Å². The minimum absolute atomic E-state index is 0.0950. The second-order valence-corrected chi connectivity index (χ2v) is 5.71. The first-order valence-corrected chi connectivity index (χ1v) is 6.58. The second kappa shape index (κ2) is 6.61. The largest absolute Gasteiger partial charge is 0.442 e. The van der Waals surface area contributed by atoms with Crippen LogP contribution in [-0.2, 0) is 14.4 Å². The van der Waals surface area contributed by atoms with Crippen LogP contribution in [-0.4, -0.2) is 17.7 Å². The number of carbonyl (C=O) groups excluding carboxylic acids is 2. The molecule has 0 unspecified atom stereocenters. The Morgan fingerprint density at radius 2 is 1.61 bits per heavy atom. The van der Waals surface area contributed by atoms with Gasteiger partial charge < -0.3 is 9.57 Å². The fraction of sp³-hybridized carbons (Fsp3) is 0.846. The summed E-state index contributed by atoms with van der Waals surface area (Å²) in [5.74, 6) is -0.454. The van der Waals surface area contributed by atoms with Gasteiger partial charge in [-0.05, 0) is 33.6 Å². The van der Waals surface area contributed by atoms with Gasteiger partial charge in [0.1, 0.15) is 5.60 Å². The zero-order valence-corrected chi connectivity index (χ0v) is 11.5. The van der Waals surface area contributed by atoms with Gasteiger partial charge >= 0.3 is 12.1 Å². The van der Waals surface area contributed by atoms with Gasteiger partial charge in [-0.15, -0.1) is 5.48 Å². The monoisotopic (exact) mass is 257 g/mol. The lowest BCUT2D eigenvalue weighted by atomic mass is 10.0. The molecule has 1 fully saturated rings. The molecule has 1 rings (SSSR count). The molecule has 0 radical (unpaired) electrons. The smallest absolute Gasteiger partial charge is 0.441 e. The van der Waals surface area contributed by atoms with Gasteiger partial charge in [0, 0.05) is 0 Å². The van der Waals surface area contributed by atoms with E-state index in [0.717, 1.165) is 25.7 Å². The van der Waals surface area contributed by atoms with Crippen molar-refractivity contribution in [2.45, 2.75) is 64.9 Å². The van der Waals surface area contributed by atoms with Crippen molar-refractivity contribution in [3.05, 3.63) is 0 Å². The van der Waals surface area contributed by atoms with Crippen molar-refractivity contribution in [1.29, 1.82) is 0 Å². The number of amides is 1. The minimum Gasteiger partial charge on any atom is -0.442 e. The van der Waals surface area contributed by atoms with Gasteiger partial charge in [0.05, 0.1) is 5.92 Å². The van der Waals surface area contributed by atoms with Crippen LogP contribution in [0, 0.1) is 5.92 Å². The molecule has 104 valence electrons. The molecule has 0 bridgehead atoms. The number of rotatable bonds is 1. The Bertz CT molecular complexity index is 288. The molecule has 0 heterocycles. The molecule has 1 saturated carbocycles. The second-order valence-electron chi connectivity index (χ2n) is 5.71. The highest BCUT2D eigenvalue weighted by atomic mass is 16.7. The van der Waals surface area contributed by atoms with Crippen molar-refractivity contribution in [3.63, 3.8) is 0 Å². The van der Waals surface area contributed by atoms with Gasteiger partial charge in [-0.1, -0.05) is 25.7 Å². The molecule has 0 aromatic rings. The molecule has 5 nitrogen and oxygen atoms in total. The summed E-state index contributed by atoms with van der Waals surface area (Å²) in [5.41, 5.74) is 1.45. The van der Waals surface area contributed by atoms with Crippen molar-refractivity contribution in [1.82, 2.24) is 5.48 Å². The zero-order chi connectivity index (χ0) is 13.6. The Kier molecular flexibility index (Phi) is 5.44. The van der Waals surface area contributed by atoms with E-state index in [4.69, 9.17) is 9.57 Å². The van der Waals surface area contributed by atoms with Crippen molar-refractivity contribution in [2.24, 2.45) is 5.92 Å². The molecule has 0 aromatic heterocycles. The Hall–Kier alpha value is -1.26. The maximum Gasteiger partial charge on any atom is 0.441 e. The number of ether oxygens (including phenoxy) is 1. The van der Waals surface area contributed by atoms with Crippen LogP contribution in [0.25, 0.3) is 0 Å². The first-order chi connectivity index (χ1) is 8.38. The minimum atomic E-state index is -0.732. The van der Waals surface area contributed by atoms with Crippen LogP contribution in [0.1, 0.15) is 59.3 Å². The van der Waals surface area contributed by atoms with Crippen LogP contribution in [0.4, 0.5) is 4.79 Å². The molecule has 0 saturated heterocycles. The summed E-state index contributed by atoms with van der Waals surface area (Å²) in [6.45, 7) is 5.25. The van der Waals surface area contributed by atoms with Gasteiger partial charge in [-0.2, -0.15) is 0 Å². The molecular weight excluding hydrogens is 234 g/mol. The summed E-state index contributed by atoms with van der Waals surface area (Å²) in [4.78, 5) is 27.8. The average molecular weight is 257 g/mol. The highest BCUT2D eigenvalue weighted by Gasteiger charge is 2.23. The lowest BCUT2D eigenvalue weighted by Crippen LogP contribution is -2.35. The molecule has 0 aliphatic heterocycles. The lowest BCUT2D eigenvalue weighted by molar-refractivity contribution is -0.156. The molecule has 1 N–H and O–H groups in total. The standard InChI is InChI=1S/C13H23NO4/c1-13(2,3)17-12(16)14-18-11(15)10-8-6-4-5-7-9-10/h10H,4-9H2,1-3H3,(H,14,16). The zero-order valence-electron chi connectivity index (χ0n) is 11.5. The molecule has 18 heavy (non-hydrogen) atoms. The Morgan fingerprint density at radius 3 is 2.11 bits per heavy atom. The van der Waals surface area contributed by atoms with E-state index in [2.05, 4.69) is 0 Å². The average Bonchev–Trinajstić information content (AvgIpc) is 2.52. The molecular formula is C13H23NO4.